The first-order chi connectivity index (χ1) is 7.73. The largest absolute Gasteiger partial charge is 1.00 e. The van der Waals surface area contributed by atoms with E-state index in [2.05, 4.69) is 39.4 Å². The van der Waals surface area contributed by atoms with Crippen LogP contribution in [0.2, 0.25) is 0 Å². The zero-order chi connectivity index (χ0) is 15.6. The third-order valence-corrected chi connectivity index (χ3v) is 0. The molecular formula is C6H10FeKN6NaO3S. The summed E-state index contributed by atoms with van der Waals surface area (Å²) in [6.07, 6.45) is 0. The molecule has 0 fully saturated rings. The standard InChI is InChI=1S/6CHN.Fe.K.Na.H2O3S.2H/c6*1-2;;;;1-4(2)3;;/h6*1H;;;;(H2,1,2,3);;/q;;;;;;;2*+1;;2*-1. The Morgan fingerprint density at radius 2 is 0.684 bits per heavy atom. The molecule has 0 bridgehead atoms. The minimum atomic E-state index is -2.61. The van der Waals surface area contributed by atoms with Gasteiger partial charge in [-0.25, -0.2) is 31.6 Å². The van der Waals surface area contributed by atoms with Gasteiger partial charge in [-0.15, -0.1) is 0 Å². The van der Waals surface area contributed by atoms with Crippen molar-refractivity contribution in [3.63, 3.8) is 0 Å². The zero-order valence-corrected chi connectivity index (χ0v) is 17.3. The molecule has 19 heavy (non-hydrogen) atoms. The zero-order valence-electron chi connectivity index (χ0n) is 12.2. The van der Waals surface area contributed by atoms with Crippen LogP contribution in [0.3, 0.4) is 0 Å². The van der Waals surface area contributed by atoms with Crippen molar-refractivity contribution in [3.8, 4) is 39.4 Å². The first-order valence-corrected chi connectivity index (χ1v) is 3.14. The molecule has 0 heterocycles. The van der Waals surface area contributed by atoms with Crippen molar-refractivity contribution in [2.24, 2.45) is 0 Å². The first kappa shape index (κ1) is 75.3. The summed E-state index contributed by atoms with van der Waals surface area (Å²) >= 11 is -2.61. The van der Waals surface area contributed by atoms with E-state index in [4.69, 9.17) is 44.9 Å². The molecule has 0 atom stereocenters. The summed E-state index contributed by atoms with van der Waals surface area (Å²) in [6.45, 7) is 21.0. The first-order valence-electron chi connectivity index (χ1n) is 2.08. The number of nitriles is 6. The van der Waals surface area contributed by atoms with Crippen LogP contribution in [0.5, 0.6) is 0 Å². The molecule has 0 aliphatic carbocycles. The van der Waals surface area contributed by atoms with Crippen LogP contribution in [0, 0.1) is 71.0 Å². The van der Waals surface area contributed by atoms with Crippen LogP contribution in [0.1, 0.15) is 2.85 Å². The average Bonchev–Trinajstić information content (AvgIpc) is 2.42. The van der Waals surface area contributed by atoms with Crippen LogP contribution >= 0.6 is 0 Å². The second kappa shape index (κ2) is 534. The Bertz CT molecular complexity index is 191. The monoisotopic (exact) mass is 364 g/mol. The Kier molecular flexibility index (Phi) is 2120. The summed E-state index contributed by atoms with van der Waals surface area (Å²) in [5, 5.41) is 39.0. The van der Waals surface area contributed by atoms with E-state index in [0.717, 1.165) is 0 Å². The molecular weight excluding hydrogens is 354 g/mol. The summed E-state index contributed by atoms with van der Waals surface area (Å²) in [5.41, 5.74) is 0. The third-order valence-electron chi connectivity index (χ3n) is 0. The van der Waals surface area contributed by atoms with Gasteiger partial charge in [0.15, 0.2) is 0 Å². The van der Waals surface area contributed by atoms with E-state index in [1.807, 2.05) is 0 Å². The SMILES string of the molecule is C#N.C#N.C#N.C#N.C#N.C#N.O=S(O)O.[Fe].[H-].[H-].[K+].[Na+]. The fourth-order valence-corrected chi connectivity index (χ4v) is 0. The van der Waals surface area contributed by atoms with E-state index in [1.54, 1.807) is 0 Å². The van der Waals surface area contributed by atoms with E-state index >= 15 is 0 Å². The minimum Gasteiger partial charge on any atom is -1.00 e. The molecule has 98 valence electrons. The summed E-state index contributed by atoms with van der Waals surface area (Å²) < 4.78 is 22.8. The van der Waals surface area contributed by atoms with E-state index < -0.39 is 11.4 Å². The van der Waals surface area contributed by atoms with Crippen molar-refractivity contribution in [2.45, 2.75) is 0 Å². The van der Waals surface area contributed by atoms with Crippen LogP contribution in [0.25, 0.3) is 0 Å². The van der Waals surface area contributed by atoms with Gasteiger partial charge in [-0.1, -0.05) is 0 Å². The molecule has 2 N–H and O–H groups in total. The molecule has 0 aromatic carbocycles. The van der Waals surface area contributed by atoms with Crippen LogP contribution in [0.4, 0.5) is 0 Å². The molecule has 9 nitrogen and oxygen atoms in total. The Morgan fingerprint density at radius 1 is 0.684 bits per heavy atom. The summed E-state index contributed by atoms with van der Waals surface area (Å²) in [4.78, 5) is 0. The molecule has 0 aromatic heterocycles. The molecule has 0 radical (unpaired) electrons. The molecule has 0 unspecified atom stereocenters. The normalized spacial score (nSPS) is 2.47. The van der Waals surface area contributed by atoms with Crippen molar-refractivity contribution < 1.29 is 114 Å². The van der Waals surface area contributed by atoms with E-state index in [0.29, 0.717) is 0 Å². The van der Waals surface area contributed by atoms with E-state index in [1.165, 1.54) is 0 Å². The molecule has 0 spiro atoms. The maximum absolute atomic E-state index is 8.67. The molecule has 0 saturated heterocycles. The van der Waals surface area contributed by atoms with Crippen LogP contribution in [0.15, 0.2) is 0 Å². The summed E-state index contributed by atoms with van der Waals surface area (Å²) in [7, 11) is 0. The van der Waals surface area contributed by atoms with E-state index in [9.17, 15) is 0 Å². The van der Waals surface area contributed by atoms with Crippen LogP contribution in [-0.4, -0.2) is 13.3 Å². The van der Waals surface area contributed by atoms with Gasteiger partial charge < -0.3 is 2.85 Å². The van der Waals surface area contributed by atoms with Crippen molar-refractivity contribution in [2.75, 3.05) is 0 Å². The quantitative estimate of drug-likeness (QED) is 0.311. The average molecular weight is 364 g/mol. The number of nitrogens with zero attached hydrogens (tertiary/aromatic N) is 6. The summed E-state index contributed by atoms with van der Waals surface area (Å²) in [5.74, 6) is 0. The maximum Gasteiger partial charge on any atom is 1.00 e. The predicted octanol–water partition coefficient (Wildman–Crippen LogP) is -5.25. The van der Waals surface area contributed by atoms with Crippen molar-refractivity contribution in [1.82, 2.24) is 0 Å². The maximum atomic E-state index is 8.67. The Balaban J connectivity index is -0.00000000443. The topological polar surface area (TPSA) is 200 Å². The van der Waals surface area contributed by atoms with E-state index in [-0.39, 0.29) is 101 Å². The van der Waals surface area contributed by atoms with Gasteiger partial charge in [0.1, 0.15) is 0 Å². The number of hydrogen-bond donors (Lipinski definition) is 2. The van der Waals surface area contributed by atoms with Gasteiger partial charge in [0, 0.05) is 56.5 Å². The Labute approximate surface area is 193 Å². The van der Waals surface area contributed by atoms with Crippen molar-refractivity contribution >= 4 is 11.4 Å². The second-order valence-corrected chi connectivity index (χ2v) is 0.692. The molecule has 0 rings (SSSR count). The number of rotatable bonds is 0. The third kappa shape index (κ3) is 173000. The predicted molar refractivity (Wildman–Crippen MR) is 55.6 cm³/mol. The van der Waals surface area contributed by atoms with Crippen LogP contribution < -0.4 is 80.9 Å². The molecule has 13 heteroatoms. The molecule has 0 saturated carbocycles. The molecule has 0 aliphatic rings. The molecule has 0 aromatic rings. The smallest absolute Gasteiger partial charge is 1.00 e. The van der Waals surface area contributed by atoms with Gasteiger partial charge >= 0.3 is 80.9 Å². The van der Waals surface area contributed by atoms with Gasteiger partial charge in [0.05, 0.1) is 0 Å². The van der Waals surface area contributed by atoms with Gasteiger partial charge in [-0.3, -0.25) is 9.11 Å². The van der Waals surface area contributed by atoms with Gasteiger partial charge in [0.25, 0.3) is 11.4 Å². The number of hydrogen-bond acceptors (Lipinski definition) is 7. The fourth-order valence-electron chi connectivity index (χ4n) is 0. The minimum absolute atomic E-state index is 0. The van der Waals surface area contributed by atoms with Crippen LogP contribution in [-0.2, 0) is 28.4 Å². The Morgan fingerprint density at radius 3 is 0.684 bits per heavy atom. The van der Waals surface area contributed by atoms with Gasteiger partial charge in [0.2, 0.25) is 0 Å². The van der Waals surface area contributed by atoms with Gasteiger partial charge in [-0.2, -0.15) is 4.21 Å². The van der Waals surface area contributed by atoms with Crippen molar-refractivity contribution in [1.29, 1.82) is 31.6 Å². The Hall–Kier alpha value is 0.166. The fraction of sp³-hybridized carbons (Fsp3) is 0. The molecule has 0 amide bonds. The van der Waals surface area contributed by atoms with Gasteiger partial charge in [-0.05, 0) is 0 Å². The second-order valence-electron chi connectivity index (χ2n) is 0.231. The molecule has 0 aliphatic heterocycles. The van der Waals surface area contributed by atoms with Crippen molar-refractivity contribution in [3.05, 3.63) is 0 Å². The summed E-state index contributed by atoms with van der Waals surface area (Å²) in [6, 6.07) is 0.